The number of benzene rings is 1. The van der Waals surface area contributed by atoms with Crippen LogP contribution < -0.4 is 5.32 Å². The van der Waals surface area contributed by atoms with E-state index in [1.165, 1.54) is 31.2 Å². The smallest absolute Gasteiger partial charge is 0.161 e. The summed E-state index contributed by atoms with van der Waals surface area (Å²) in [5.41, 5.74) is 4.34. The van der Waals surface area contributed by atoms with Gasteiger partial charge in [0.2, 0.25) is 0 Å². The van der Waals surface area contributed by atoms with Crippen LogP contribution in [0.1, 0.15) is 48.9 Å². The number of nitrogens with zero attached hydrogens (tertiary/aromatic N) is 4. The van der Waals surface area contributed by atoms with Crippen LogP contribution in [0.4, 0.5) is 5.69 Å². The fraction of sp³-hybridized carbons (Fsp3) is 0.389. The van der Waals surface area contributed by atoms with Gasteiger partial charge in [-0.1, -0.05) is 24.4 Å². The summed E-state index contributed by atoms with van der Waals surface area (Å²) in [4.78, 5) is 9.14. The van der Waals surface area contributed by atoms with Gasteiger partial charge in [-0.25, -0.2) is 14.6 Å². The maximum atomic E-state index is 6.21. The van der Waals surface area contributed by atoms with E-state index in [0.717, 1.165) is 34.0 Å². The summed E-state index contributed by atoms with van der Waals surface area (Å²) >= 11 is 6.21. The first-order valence-corrected chi connectivity index (χ1v) is 8.90. The van der Waals surface area contributed by atoms with E-state index >= 15 is 0 Å². The lowest BCUT2D eigenvalue weighted by atomic mass is 9.96. The molecular formula is C18H18ClN5. The second-order valence-corrected chi connectivity index (χ2v) is 7.13. The van der Waals surface area contributed by atoms with E-state index in [1.807, 2.05) is 24.4 Å². The summed E-state index contributed by atoms with van der Waals surface area (Å²) in [5.74, 6) is 0.186. The molecule has 0 amide bonds. The number of fused-ring (bicyclic) bond motifs is 2. The minimum absolute atomic E-state index is 0.186. The largest absolute Gasteiger partial charge is 0.384 e. The van der Waals surface area contributed by atoms with Crippen molar-refractivity contribution in [3.63, 3.8) is 0 Å². The van der Waals surface area contributed by atoms with Crippen LogP contribution in [0.15, 0.2) is 30.7 Å². The fourth-order valence-electron chi connectivity index (χ4n) is 4.12. The zero-order valence-corrected chi connectivity index (χ0v) is 14.0. The van der Waals surface area contributed by atoms with Gasteiger partial charge >= 0.3 is 0 Å². The molecule has 0 bridgehead atoms. The number of hydrogen-bond donors (Lipinski definition) is 1. The Balaban J connectivity index is 1.63. The van der Waals surface area contributed by atoms with Crippen LogP contribution in [0.2, 0.25) is 5.02 Å². The van der Waals surface area contributed by atoms with Gasteiger partial charge in [-0.2, -0.15) is 5.10 Å². The summed E-state index contributed by atoms with van der Waals surface area (Å²) < 4.78 is 2.11. The molecule has 0 radical (unpaired) electrons. The maximum Gasteiger partial charge on any atom is 0.161 e. The van der Waals surface area contributed by atoms with Crippen LogP contribution in [-0.2, 0) is 0 Å². The minimum atomic E-state index is 0.186. The maximum absolute atomic E-state index is 6.21. The molecule has 1 aliphatic heterocycles. The quantitative estimate of drug-likeness (QED) is 0.762. The molecule has 1 unspecified atom stereocenters. The molecule has 1 atom stereocenters. The summed E-state index contributed by atoms with van der Waals surface area (Å²) in [6, 6.07) is 6.48. The van der Waals surface area contributed by atoms with Crippen molar-refractivity contribution in [3.05, 3.63) is 47.0 Å². The van der Waals surface area contributed by atoms with Gasteiger partial charge in [-0.15, -0.1) is 0 Å². The first kappa shape index (κ1) is 14.2. The van der Waals surface area contributed by atoms with Gasteiger partial charge in [0.05, 0.1) is 23.3 Å². The van der Waals surface area contributed by atoms with Crippen molar-refractivity contribution < 1.29 is 0 Å². The Morgan fingerprint density at radius 3 is 2.92 bits per heavy atom. The van der Waals surface area contributed by atoms with Crippen LogP contribution >= 0.6 is 11.6 Å². The standard InChI is InChI=1S/C18H18ClN5/c19-11-5-6-16-13(7-11)14(8-20-16)17-15-9-23-24(12-3-1-2-4-12)18(15)22-10-21-17/h5-7,9-10,12,14,20H,1-4,8H2. The molecule has 5 nitrogen and oxygen atoms in total. The van der Waals surface area contributed by atoms with Gasteiger partial charge < -0.3 is 5.32 Å². The molecule has 24 heavy (non-hydrogen) atoms. The van der Waals surface area contributed by atoms with E-state index in [0.29, 0.717) is 6.04 Å². The normalized spacial score (nSPS) is 20.5. The van der Waals surface area contributed by atoms with Crippen molar-refractivity contribution in [1.29, 1.82) is 0 Å². The molecule has 3 aromatic rings. The Kier molecular flexibility index (Phi) is 3.23. The molecule has 3 heterocycles. The third-order valence-electron chi connectivity index (χ3n) is 5.31. The van der Waals surface area contributed by atoms with Crippen LogP contribution in [-0.4, -0.2) is 26.3 Å². The SMILES string of the molecule is Clc1ccc2c(c1)C(c1ncnc3c1cnn3C1CCCC1)CN2. The van der Waals surface area contributed by atoms with Gasteiger partial charge in [0.15, 0.2) is 5.65 Å². The third-order valence-corrected chi connectivity index (χ3v) is 5.54. The predicted molar refractivity (Wildman–Crippen MR) is 94.6 cm³/mol. The third kappa shape index (κ3) is 2.11. The second-order valence-electron chi connectivity index (χ2n) is 6.69. The van der Waals surface area contributed by atoms with Crippen molar-refractivity contribution in [2.24, 2.45) is 0 Å². The molecule has 2 aliphatic rings. The molecule has 0 saturated heterocycles. The molecule has 1 aliphatic carbocycles. The number of anilines is 1. The van der Waals surface area contributed by atoms with E-state index in [1.54, 1.807) is 6.33 Å². The summed E-state index contributed by atoms with van der Waals surface area (Å²) in [7, 11) is 0. The highest BCUT2D eigenvalue weighted by Crippen LogP contribution is 2.39. The van der Waals surface area contributed by atoms with E-state index in [2.05, 4.69) is 25.1 Å². The van der Waals surface area contributed by atoms with E-state index < -0.39 is 0 Å². The van der Waals surface area contributed by atoms with E-state index in [-0.39, 0.29) is 5.92 Å². The molecule has 122 valence electrons. The van der Waals surface area contributed by atoms with Crippen molar-refractivity contribution in [1.82, 2.24) is 19.7 Å². The lowest BCUT2D eigenvalue weighted by Gasteiger charge is -2.13. The Labute approximate surface area is 145 Å². The summed E-state index contributed by atoms with van der Waals surface area (Å²) in [5, 5.41) is 9.92. The second kappa shape index (κ2) is 5.45. The van der Waals surface area contributed by atoms with Crippen LogP contribution in [0, 0.1) is 0 Å². The summed E-state index contributed by atoms with van der Waals surface area (Å²) in [6.45, 7) is 0.830. The van der Waals surface area contributed by atoms with Crippen molar-refractivity contribution in [3.8, 4) is 0 Å². The fourth-order valence-corrected chi connectivity index (χ4v) is 4.30. The zero-order valence-electron chi connectivity index (χ0n) is 13.2. The Morgan fingerprint density at radius 2 is 2.04 bits per heavy atom. The highest BCUT2D eigenvalue weighted by Gasteiger charge is 2.28. The van der Waals surface area contributed by atoms with Gasteiger partial charge in [0, 0.05) is 23.2 Å². The number of nitrogens with one attached hydrogen (secondary N) is 1. The van der Waals surface area contributed by atoms with Crippen LogP contribution in [0.3, 0.4) is 0 Å². The molecule has 0 spiro atoms. The van der Waals surface area contributed by atoms with Crippen molar-refractivity contribution >= 4 is 28.3 Å². The molecule has 1 N–H and O–H groups in total. The molecule has 1 aromatic carbocycles. The average Bonchev–Trinajstić information content (AvgIpc) is 3.32. The number of aromatic nitrogens is 4. The van der Waals surface area contributed by atoms with Gasteiger partial charge in [-0.3, -0.25) is 0 Å². The van der Waals surface area contributed by atoms with E-state index in [4.69, 9.17) is 11.6 Å². The Morgan fingerprint density at radius 1 is 1.17 bits per heavy atom. The lowest BCUT2D eigenvalue weighted by molar-refractivity contribution is 0.478. The number of halogens is 1. The molecular weight excluding hydrogens is 322 g/mol. The first-order valence-electron chi connectivity index (χ1n) is 8.52. The van der Waals surface area contributed by atoms with Gasteiger partial charge in [-0.05, 0) is 36.6 Å². The molecule has 5 rings (SSSR count). The molecule has 1 fully saturated rings. The topological polar surface area (TPSA) is 55.6 Å². The van der Waals surface area contributed by atoms with Crippen molar-refractivity contribution in [2.45, 2.75) is 37.6 Å². The summed E-state index contributed by atoms with van der Waals surface area (Å²) in [6.07, 6.45) is 8.56. The van der Waals surface area contributed by atoms with Gasteiger partial charge in [0.25, 0.3) is 0 Å². The Bertz CT molecular complexity index is 913. The van der Waals surface area contributed by atoms with Gasteiger partial charge in [0.1, 0.15) is 6.33 Å². The van der Waals surface area contributed by atoms with Crippen LogP contribution in [0.25, 0.3) is 11.0 Å². The Hall–Kier alpha value is -2.14. The molecule has 2 aromatic heterocycles. The average molecular weight is 340 g/mol. The number of hydrogen-bond acceptors (Lipinski definition) is 4. The minimum Gasteiger partial charge on any atom is -0.384 e. The lowest BCUT2D eigenvalue weighted by Crippen LogP contribution is -2.09. The monoisotopic (exact) mass is 339 g/mol. The molecule has 1 saturated carbocycles. The van der Waals surface area contributed by atoms with Crippen LogP contribution in [0.5, 0.6) is 0 Å². The van der Waals surface area contributed by atoms with E-state index in [9.17, 15) is 0 Å². The van der Waals surface area contributed by atoms with Crippen molar-refractivity contribution in [2.75, 3.05) is 11.9 Å². The highest BCUT2D eigenvalue weighted by molar-refractivity contribution is 6.30. The highest BCUT2D eigenvalue weighted by atomic mass is 35.5. The zero-order chi connectivity index (χ0) is 16.1. The number of rotatable bonds is 2. The predicted octanol–water partition coefficient (Wildman–Crippen LogP) is 4.15. The molecule has 6 heteroatoms. The first-order chi connectivity index (χ1) is 11.8.